The third-order valence-corrected chi connectivity index (χ3v) is 4.05. The summed E-state index contributed by atoms with van der Waals surface area (Å²) >= 11 is 0. The van der Waals surface area contributed by atoms with Crippen LogP contribution in [0.4, 0.5) is 0 Å². The van der Waals surface area contributed by atoms with Crippen molar-refractivity contribution in [2.75, 3.05) is 28.2 Å². The highest BCUT2D eigenvalue weighted by Crippen LogP contribution is 2.39. The second kappa shape index (κ2) is 5.63. The molecule has 21 heavy (non-hydrogen) atoms. The molecule has 0 bridgehead atoms. The zero-order valence-electron chi connectivity index (χ0n) is 13.5. The van der Waals surface area contributed by atoms with Crippen LogP contribution in [0.3, 0.4) is 0 Å². The Morgan fingerprint density at radius 3 is 2.33 bits per heavy atom. The van der Waals surface area contributed by atoms with Gasteiger partial charge in [-0.3, -0.25) is 0 Å². The quantitative estimate of drug-likeness (QED) is 0.723. The zero-order chi connectivity index (χ0) is 15.0. The number of rotatable bonds is 4. The largest absolute Gasteiger partial charge is 0.305 e. The monoisotopic (exact) mass is 280 g/mol. The van der Waals surface area contributed by atoms with Crippen LogP contribution in [0.5, 0.6) is 0 Å². The summed E-state index contributed by atoms with van der Waals surface area (Å²) in [7, 11) is 8.52. The molecule has 0 fully saturated rings. The lowest BCUT2D eigenvalue weighted by Gasteiger charge is -2.15. The van der Waals surface area contributed by atoms with Crippen molar-refractivity contribution in [3.05, 3.63) is 58.7 Å². The maximum atomic E-state index is 2.39. The Balaban J connectivity index is 2.06. The summed E-state index contributed by atoms with van der Waals surface area (Å²) in [6.07, 6.45) is 1.08. The lowest BCUT2D eigenvalue weighted by atomic mass is 9.97. The van der Waals surface area contributed by atoms with Gasteiger partial charge in [0, 0.05) is 13.1 Å². The van der Waals surface area contributed by atoms with Gasteiger partial charge in [-0.15, -0.1) is 0 Å². The van der Waals surface area contributed by atoms with E-state index >= 15 is 0 Å². The molecular formula is C19H24N2. The molecular weight excluding hydrogens is 256 g/mol. The van der Waals surface area contributed by atoms with Gasteiger partial charge in [0.1, 0.15) is 0 Å². The molecule has 0 heterocycles. The van der Waals surface area contributed by atoms with Crippen molar-refractivity contribution in [3.8, 4) is 11.1 Å². The molecule has 0 amide bonds. The van der Waals surface area contributed by atoms with Gasteiger partial charge in [0.2, 0.25) is 0 Å². The van der Waals surface area contributed by atoms with Crippen LogP contribution >= 0.6 is 0 Å². The molecule has 2 heteroatoms. The van der Waals surface area contributed by atoms with Gasteiger partial charge < -0.3 is 9.80 Å². The van der Waals surface area contributed by atoms with Crippen LogP contribution in [0, 0.1) is 0 Å². The highest BCUT2D eigenvalue weighted by Gasteiger charge is 2.21. The van der Waals surface area contributed by atoms with Crippen molar-refractivity contribution in [1.29, 1.82) is 0 Å². The summed E-state index contributed by atoms with van der Waals surface area (Å²) in [5.41, 5.74) is 8.71. The minimum absolute atomic E-state index is 0.998. The minimum atomic E-state index is 0.998. The van der Waals surface area contributed by atoms with Gasteiger partial charge in [-0.1, -0.05) is 30.3 Å². The van der Waals surface area contributed by atoms with Crippen molar-refractivity contribution >= 4 is 0 Å². The molecule has 0 saturated heterocycles. The Morgan fingerprint density at radius 2 is 1.62 bits per heavy atom. The standard InChI is InChI=1S/C19H24N2/c1-20(2)12-14-8-9-15-11-16-6-5-7-17(13-21(3)4)19(16)18(15)10-14/h5-10H,11-13H2,1-4H3. The molecule has 0 radical (unpaired) electrons. The van der Waals surface area contributed by atoms with Crippen LogP contribution < -0.4 is 0 Å². The van der Waals surface area contributed by atoms with Gasteiger partial charge in [0.25, 0.3) is 0 Å². The highest BCUT2D eigenvalue weighted by molar-refractivity contribution is 5.80. The van der Waals surface area contributed by atoms with Crippen LogP contribution in [-0.4, -0.2) is 38.0 Å². The summed E-state index contributed by atoms with van der Waals surface area (Å²) in [5, 5.41) is 0. The summed E-state index contributed by atoms with van der Waals surface area (Å²) in [4.78, 5) is 4.47. The summed E-state index contributed by atoms with van der Waals surface area (Å²) in [6, 6.07) is 13.7. The van der Waals surface area contributed by atoms with Gasteiger partial charge in [0.05, 0.1) is 0 Å². The molecule has 0 aliphatic heterocycles. The molecule has 3 rings (SSSR count). The average molecular weight is 280 g/mol. The lowest BCUT2D eigenvalue weighted by Crippen LogP contribution is -2.12. The molecule has 2 aromatic carbocycles. The molecule has 0 N–H and O–H groups in total. The smallest absolute Gasteiger partial charge is 0.0233 e. The van der Waals surface area contributed by atoms with E-state index in [2.05, 4.69) is 74.4 Å². The second-order valence-electron chi connectivity index (χ2n) is 6.60. The second-order valence-corrected chi connectivity index (χ2v) is 6.60. The van der Waals surface area contributed by atoms with Crippen molar-refractivity contribution in [1.82, 2.24) is 9.80 Å². The van der Waals surface area contributed by atoms with Crippen LogP contribution in [0.1, 0.15) is 22.3 Å². The van der Waals surface area contributed by atoms with E-state index in [1.165, 1.54) is 33.4 Å². The maximum absolute atomic E-state index is 2.39. The van der Waals surface area contributed by atoms with Crippen molar-refractivity contribution in [2.24, 2.45) is 0 Å². The van der Waals surface area contributed by atoms with Crippen LogP contribution in [-0.2, 0) is 19.5 Å². The number of hydrogen-bond acceptors (Lipinski definition) is 2. The van der Waals surface area contributed by atoms with Gasteiger partial charge in [0.15, 0.2) is 0 Å². The van der Waals surface area contributed by atoms with Gasteiger partial charge in [-0.05, 0) is 74.1 Å². The first-order valence-corrected chi connectivity index (χ1v) is 7.57. The van der Waals surface area contributed by atoms with Crippen molar-refractivity contribution < 1.29 is 0 Å². The predicted octanol–water partition coefficient (Wildman–Crippen LogP) is 3.38. The molecule has 1 aliphatic rings. The Kier molecular flexibility index (Phi) is 3.83. The fourth-order valence-electron chi connectivity index (χ4n) is 3.30. The van der Waals surface area contributed by atoms with E-state index < -0.39 is 0 Å². The van der Waals surface area contributed by atoms with E-state index in [4.69, 9.17) is 0 Å². The average Bonchev–Trinajstić information content (AvgIpc) is 2.76. The SMILES string of the molecule is CN(C)Cc1ccc2c(c1)-c1c(cccc1CN(C)C)C2. The lowest BCUT2D eigenvalue weighted by molar-refractivity contribution is 0.402. The van der Waals surface area contributed by atoms with E-state index in [1.54, 1.807) is 0 Å². The molecule has 0 aromatic heterocycles. The van der Waals surface area contributed by atoms with Crippen LogP contribution in [0.25, 0.3) is 11.1 Å². The molecule has 110 valence electrons. The fourth-order valence-corrected chi connectivity index (χ4v) is 3.30. The Morgan fingerprint density at radius 1 is 0.857 bits per heavy atom. The third-order valence-electron chi connectivity index (χ3n) is 4.05. The van der Waals surface area contributed by atoms with Crippen molar-refractivity contribution in [2.45, 2.75) is 19.5 Å². The summed E-state index contributed by atoms with van der Waals surface area (Å²) in [5.74, 6) is 0. The third kappa shape index (κ3) is 2.87. The number of nitrogens with zero attached hydrogens (tertiary/aromatic N) is 2. The first-order valence-electron chi connectivity index (χ1n) is 7.57. The van der Waals surface area contributed by atoms with Gasteiger partial charge in [-0.2, -0.15) is 0 Å². The van der Waals surface area contributed by atoms with E-state index in [9.17, 15) is 0 Å². The molecule has 1 aliphatic carbocycles. The number of benzene rings is 2. The normalized spacial score (nSPS) is 12.9. The zero-order valence-corrected chi connectivity index (χ0v) is 13.5. The van der Waals surface area contributed by atoms with E-state index in [1.807, 2.05) is 0 Å². The fraction of sp³-hybridized carbons (Fsp3) is 0.368. The Hall–Kier alpha value is -1.64. The summed E-state index contributed by atoms with van der Waals surface area (Å²) < 4.78 is 0. The minimum Gasteiger partial charge on any atom is -0.305 e. The topological polar surface area (TPSA) is 6.48 Å². The van der Waals surface area contributed by atoms with E-state index in [-0.39, 0.29) is 0 Å². The molecule has 2 aromatic rings. The van der Waals surface area contributed by atoms with Gasteiger partial charge in [-0.25, -0.2) is 0 Å². The Labute approximate surface area is 128 Å². The molecule has 0 unspecified atom stereocenters. The number of hydrogen-bond donors (Lipinski definition) is 0. The predicted molar refractivity (Wildman–Crippen MR) is 89.5 cm³/mol. The molecule has 0 spiro atoms. The molecule has 0 atom stereocenters. The van der Waals surface area contributed by atoms with E-state index in [0.29, 0.717) is 0 Å². The van der Waals surface area contributed by atoms with Gasteiger partial charge >= 0.3 is 0 Å². The molecule has 0 saturated carbocycles. The first-order chi connectivity index (χ1) is 10.0. The number of fused-ring (bicyclic) bond motifs is 3. The highest BCUT2D eigenvalue weighted by atomic mass is 15.1. The maximum Gasteiger partial charge on any atom is 0.0233 e. The first kappa shape index (κ1) is 14.3. The Bertz CT molecular complexity index is 657. The summed E-state index contributed by atoms with van der Waals surface area (Å²) in [6.45, 7) is 2.00. The van der Waals surface area contributed by atoms with Crippen LogP contribution in [0.2, 0.25) is 0 Å². The van der Waals surface area contributed by atoms with E-state index in [0.717, 1.165) is 19.5 Å². The van der Waals surface area contributed by atoms with Crippen molar-refractivity contribution in [3.63, 3.8) is 0 Å². The molecule has 2 nitrogen and oxygen atoms in total. The van der Waals surface area contributed by atoms with Crippen LogP contribution in [0.15, 0.2) is 36.4 Å².